The summed E-state index contributed by atoms with van der Waals surface area (Å²) in [5, 5.41) is 3.95. The highest BCUT2D eigenvalue weighted by molar-refractivity contribution is 6.31. The number of hydrogen-bond donors (Lipinski definition) is 1. The minimum atomic E-state index is 0.790. The van der Waals surface area contributed by atoms with Crippen molar-refractivity contribution in [2.24, 2.45) is 0 Å². The van der Waals surface area contributed by atoms with E-state index in [2.05, 4.69) is 48.6 Å². The van der Waals surface area contributed by atoms with Crippen LogP contribution in [0.4, 0.5) is 0 Å². The van der Waals surface area contributed by atoms with Crippen molar-refractivity contribution in [2.75, 3.05) is 7.05 Å². The fourth-order valence-electron chi connectivity index (χ4n) is 1.90. The lowest BCUT2D eigenvalue weighted by atomic mass is 10.0. The lowest BCUT2D eigenvalue weighted by Crippen LogP contribution is -2.05. The van der Waals surface area contributed by atoms with Gasteiger partial charge in [-0.15, -0.1) is 0 Å². The van der Waals surface area contributed by atoms with Crippen LogP contribution in [-0.4, -0.2) is 7.05 Å². The van der Waals surface area contributed by atoms with E-state index in [9.17, 15) is 0 Å². The minimum Gasteiger partial charge on any atom is -0.316 e. The Kier molecular flexibility index (Phi) is 3.82. The van der Waals surface area contributed by atoms with Crippen molar-refractivity contribution in [3.05, 3.63) is 58.6 Å². The van der Waals surface area contributed by atoms with E-state index in [1.165, 1.54) is 16.7 Å². The van der Waals surface area contributed by atoms with Gasteiger partial charge < -0.3 is 5.32 Å². The molecule has 0 aromatic heterocycles. The molecule has 1 N–H and O–H groups in total. The van der Waals surface area contributed by atoms with Crippen molar-refractivity contribution < 1.29 is 0 Å². The fraction of sp³-hybridized carbons (Fsp3) is 0.200. The van der Waals surface area contributed by atoms with E-state index in [-0.39, 0.29) is 0 Å². The molecule has 2 rings (SSSR count). The number of halogens is 1. The Bertz CT molecular complexity index is 520. The Labute approximate surface area is 107 Å². The molecule has 88 valence electrons. The predicted octanol–water partition coefficient (Wildman–Crippen LogP) is 4.03. The topological polar surface area (TPSA) is 12.0 Å². The molecule has 0 saturated heterocycles. The molecule has 1 nitrogen and oxygen atoms in total. The average Bonchev–Trinajstić information content (AvgIpc) is 2.32. The van der Waals surface area contributed by atoms with Crippen LogP contribution in [-0.2, 0) is 6.54 Å². The first kappa shape index (κ1) is 12.2. The van der Waals surface area contributed by atoms with Gasteiger partial charge in [0.1, 0.15) is 0 Å². The highest BCUT2D eigenvalue weighted by atomic mass is 35.5. The van der Waals surface area contributed by atoms with E-state index in [4.69, 9.17) is 11.6 Å². The standard InChI is InChI=1S/C15H16ClN/c1-11-4-3-5-12(8-11)13-6-7-15(16)14(9-13)10-17-2/h3-9,17H,10H2,1-2H3. The quantitative estimate of drug-likeness (QED) is 0.861. The van der Waals surface area contributed by atoms with E-state index in [0.717, 1.165) is 17.1 Å². The van der Waals surface area contributed by atoms with Crippen LogP contribution in [0.25, 0.3) is 11.1 Å². The molecule has 2 heteroatoms. The second-order valence-corrected chi connectivity index (χ2v) is 4.61. The van der Waals surface area contributed by atoms with Gasteiger partial charge in [-0.05, 0) is 42.8 Å². The Balaban J connectivity index is 2.42. The monoisotopic (exact) mass is 245 g/mol. The van der Waals surface area contributed by atoms with Gasteiger partial charge in [0.25, 0.3) is 0 Å². The lowest BCUT2D eigenvalue weighted by molar-refractivity contribution is 0.818. The molecular weight excluding hydrogens is 230 g/mol. The number of hydrogen-bond acceptors (Lipinski definition) is 1. The highest BCUT2D eigenvalue weighted by Crippen LogP contribution is 2.25. The summed E-state index contributed by atoms with van der Waals surface area (Å²) in [5.41, 5.74) is 4.85. The SMILES string of the molecule is CNCc1cc(-c2cccc(C)c2)ccc1Cl. The maximum atomic E-state index is 6.15. The Hall–Kier alpha value is -1.31. The second-order valence-electron chi connectivity index (χ2n) is 4.21. The fourth-order valence-corrected chi connectivity index (χ4v) is 2.09. The first-order chi connectivity index (χ1) is 8.20. The molecule has 0 aliphatic rings. The van der Waals surface area contributed by atoms with Crippen molar-refractivity contribution >= 4 is 11.6 Å². The molecule has 0 atom stereocenters. The minimum absolute atomic E-state index is 0.790. The van der Waals surface area contributed by atoms with E-state index in [0.29, 0.717) is 0 Å². The van der Waals surface area contributed by atoms with Gasteiger partial charge in [-0.2, -0.15) is 0 Å². The number of rotatable bonds is 3. The van der Waals surface area contributed by atoms with E-state index in [1.54, 1.807) is 0 Å². The van der Waals surface area contributed by atoms with Gasteiger partial charge in [-0.25, -0.2) is 0 Å². The molecule has 17 heavy (non-hydrogen) atoms. The number of aryl methyl sites for hydroxylation is 1. The normalized spacial score (nSPS) is 10.5. The van der Waals surface area contributed by atoms with Crippen LogP contribution in [0.1, 0.15) is 11.1 Å². The largest absolute Gasteiger partial charge is 0.316 e. The molecule has 0 fully saturated rings. The Morgan fingerprint density at radius 3 is 2.53 bits per heavy atom. The third-order valence-electron chi connectivity index (χ3n) is 2.76. The van der Waals surface area contributed by atoms with E-state index >= 15 is 0 Å². The summed E-state index contributed by atoms with van der Waals surface area (Å²) in [6.45, 7) is 2.90. The third-order valence-corrected chi connectivity index (χ3v) is 3.13. The first-order valence-corrected chi connectivity index (χ1v) is 6.08. The second kappa shape index (κ2) is 5.35. The van der Waals surface area contributed by atoms with Crippen molar-refractivity contribution in [1.82, 2.24) is 5.32 Å². The Morgan fingerprint density at radius 2 is 1.82 bits per heavy atom. The van der Waals surface area contributed by atoms with E-state index in [1.807, 2.05) is 13.1 Å². The lowest BCUT2D eigenvalue weighted by Gasteiger charge is -2.08. The Morgan fingerprint density at radius 1 is 1.06 bits per heavy atom. The smallest absolute Gasteiger partial charge is 0.0451 e. The maximum Gasteiger partial charge on any atom is 0.0451 e. The van der Waals surface area contributed by atoms with Crippen LogP contribution in [0.15, 0.2) is 42.5 Å². The molecule has 0 aliphatic heterocycles. The van der Waals surface area contributed by atoms with Gasteiger partial charge in [0.05, 0.1) is 0 Å². The van der Waals surface area contributed by atoms with Gasteiger partial charge in [-0.1, -0.05) is 47.5 Å². The summed E-state index contributed by atoms with van der Waals surface area (Å²) in [6, 6.07) is 14.7. The molecule has 0 bridgehead atoms. The van der Waals surface area contributed by atoms with Crippen molar-refractivity contribution in [2.45, 2.75) is 13.5 Å². The van der Waals surface area contributed by atoms with Crippen molar-refractivity contribution in [3.8, 4) is 11.1 Å². The van der Waals surface area contributed by atoms with Crippen LogP contribution < -0.4 is 5.32 Å². The van der Waals surface area contributed by atoms with Crippen molar-refractivity contribution in [1.29, 1.82) is 0 Å². The summed E-state index contributed by atoms with van der Waals surface area (Å²) in [7, 11) is 1.93. The highest BCUT2D eigenvalue weighted by Gasteiger charge is 2.03. The van der Waals surface area contributed by atoms with Gasteiger partial charge in [-0.3, -0.25) is 0 Å². The predicted molar refractivity (Wildman–Crippen MR) is 74.4 cm³/mol. The summed E-state index contributed by atoms with van der Waals surface area (Å²) in [4.78, 5) is 0. The summed E-state index contributed by atoms with van der Waals surface area (Å²) in [5.74, 6) is 0. The zero-order chi connectivity index (χ0) is 12.3. The maximum absolute atomic E-state index is 6.15. The molecule has 0 amide bonds. The van der Waals surface area contributed by atoms with Crippen LogP contribution in [0.3, 0.4) is 0 Å². The summed E-state index contributed by atoms with van der Waals surface area (Å²) in [6.07, 6.45) is 0. The molecule has 0 saturated carbocycles. The van der Waals surface area contributed by atoms with Gasteiger partial charge in [0, 0.05) is 11.6 Å². The zero-order valence-electron chi connectivity index (χ0n) is 10.1. The van der Waals surface area contributed by atoms with Crippen LogP contribution in [0.2, 0.25) is 5.02 Å². The molecule has 0 unspecified atom stereocenters. The number of nitrogens with one attached hydrogen (secondary N) is 1. The molecular formula is C15H16ClN. The molecule has 2 aromatic rings. The molecule has 0 spiro atoms. The number of benzene rings is 2. The van der Waals surface area contributed by atoms with E-state index < -0.39 is 0 Å². The van der Waals surface area contributed by atoms with Crippen LogP contribution in [0, 0.1) is 6.92 Å². The van der Waals surface area contributed by atoms with Crippen LogP contribution in [0.5, 0.6) is 0 Å². The first-order valence-electron chi connectivity index (χ1n) is 5.71. The van der Waals surface area contributed by atoms with Crippen LogP contribution >= 0.6 is 11.6 Å². The zero-order valence-corrected chi connectivity index (χ0v) is 10.9. The molecule has 0 heterocycles. The molecule has 2 aromatic carbocycles. The van der Waals surface area contributed by atoms with Crippen molar-refractivity contribution in [3.63, 3.8) is 0 Å². The van der Waals surface area contributed by atoms with Gasteiger partial charge >= 0.3 is 0 Å². The molecule has 0 radical (unpaired) electrons. The third kappa shape index (κ3) is 2.87. The summed E-state index contributed by atoms with van der Waals surface area (Å²) >= 11 is 6.15. The summed E-state index contributed by atoms with van der Waals surface area (Å²) < 4.78 is 0. The van der Waals surface area contributed by atoms with Gasteiger partial charge in [0.2, 0.25) is 0 Å². The van der Waals surface area contributed by atoms with Gasteiger partial charge in [0.15, 0.2) is 0 Å². The average molecular weight is 246 g/mol. The molecule has 0 aliphatic carbocycles.